The molecule has 0 amide bonds. The third-order valence-corrected chi connectivity index (χ3v) is 5.66. The van der Waals surface area contributed by atoms with Crippen molar-refractivity contribution in [2.24, 2.45) is 5.10 Å². The molecule has 0 unspecified atom stereocenters. The average Bonchev–Trinajstić information content (AvgIpc) is 2.80. The fourth-order valence-electron chi connectivity index (χ4n) is 4.18. The number of pyridine rings is 1. The minimum atomic E-state index is 0.0360. The van der Waals surface area contributed by atoms with Crippen LogP contribution in [0, 0.1) is 6.92 Å². The van der Waals surface area contributed by atoms with Crippen molar-refractivity contribution in [3.8, 4) is 0 Å². The van der Waals surface area contributed by atoms with Crippen LogP contribution in [-0.2, 0) is 19.5 Å². The number of hydrogen-bond donors (Lipinski definition) is 1. The highest BCUT2D eigenvalue weighted by atomic mass is 16.1. The molecule has 2 aromatic carbocycles. The van der Waals surface area contributed by atoms with Crippen molar-refractivity contribution in [3.63, 3.8) is 0 Å². The van der Waals surface area contributed by atoms with Gasteiger partial charge in [0, 0.05) is 43.8 Å². The lowest BCUT2D eigenvalue weighted by Crippen LogP contribution is -2.32. The van der Waals surface area contributed by atoms with Crippen molar-refractivity contribution >= 4 is 23.3 Å². The molecule has 0 aliphatic carbocycles. The highest BCUT2D eigenvalue weighted by Gasteiger charge is 2.16. The van der Waals surface area contributed by atoms with E-state index in [4.69, 9.17) is 0 Å². The molecule has 1 aromatic heterocycles. The highest BCUT2D eigenvalue weighted by molar-refractivity contribution is 5.93. The predicted octanol–water partition coefficient (Wildman–Crippen LogP) is 4.81. The number of fused-ring (bicyclic) bond motifs is 2. The van der Waals surface area contributed by atoms with Gasteiger partial charge in [-0.25, -0.2) is 0 Å². The van der Waals surface area contributed by atoms with E-state index in [-0.39, 0.29) is 5.56 Å². The van der Waals surface area contributed by atoms with Gasteiger partial charge < -0.3 is 4.57 Å². The topological polar surface area (TPSA) is 49.6 Å². The van der Waals surface area contributed by atoms with Crippen molar-refractivity contribution in [3.05, 3.63) is 75.6 Å². The zero-order chi connectivity index (χ0) is 21.5. The van der Waals surface area contributed by atoms with Gasteiger partial charge in [0.2, 0.25) is 0 Å². The van der Waals surface area contributed by atoms with E-state index < -0.39 is 0 Å². The lowest BCUT2D eigenvalue weighted by Gasteiger charge is -2.28. The predicted molar refractivity (Wildman–Crippen MR) is 128 cm³/mol. The van der Waals surface area contributed by atoms with Gasteiger partial charge in [-0.05, 0) is 37.0 Å². The van der Waals surface area contributed by atoms with Crippen LogP contribution >= 0.6 is 0 Å². The maximum atomic E-state index is 13.0. The Morgan fingerprint density at radius 1 is 1.03 bits per heavy atom. The van der Waals surface area contributed by atoms with Crippen LogP contribution in [0.4, 0.5) is 5.69 Å². The smallest absolute Gasteiger partial charge is 0.256 e. The van der Waals surface area contributed by atoms with E-state index in [9.17, 15) is 4.79 Å². The van der Waals surface area contributed by atoms with E-state index in [1.54, 1.807) is 0 Å². The Morgan fingerprint density at radius 2 is 1.73 bits per heavy atom. The standard InChI is InChI=1S/C23H26N4O.C2H6/c1-17-22(25-24-2)20-10-5-6-11-21(20)27(23(17)28)14-7-13-26-15-12-18-8-3-4-9-19(18)16-26;1-2/h3-6,8-11,25H,2,7,12-16H2,1H3;1-2H3. The molecule has 2 heterocycles. The van der Waals surface area contributed by atoms with E-state index >= 15 is 0 Å². The molecule has 1 N–H and O–H groups in total. The van der Waals surface area contributed by atoms with Gasteiger partial charge >= 0.3 is 0 Å². The molecule has 0 fully saturated rings. The summed E-state index contributed by atoms with van der Waals surface area (Å²) in [6, 6.07) is 16.7. The monoisotopic (exact) mass is 404 g/mol. The van der Waals surface area contributed by atoms with Gasteiger partial charge in [-0.1, -0.05) is 56.3 Å². The van der Waals surface area contributed by atoms with Gasteiger partial charge in [-0.3, -0.25) is 15.1 Å². The Bertz CT molecular complexity index is 1070. The number of benzene rings is 2. The summed E-state index contributed by atoms with van der Waals surface area (Å²) in [5.41, 5.74) is 8.20. The first-order chi connectivity index (χ1) is 14.7. The fourth-order valence-corrected chi connectivity index (χ4v) is 4.18. The molecule has 5 nitrogen and oxygen atoms in total. The maximum Gasteiger partial charge on any atom is 0.256 e. The first-order valence-electron chi connectivity index (χ1n) is 10.8. The van der Waals surface area contributed by atoms with Crippen LogP contribution in [0.5, 0.6) is 0 Å². The molecule has 0 atom stereocenters. The second-order valence-electron chi connectivity index (χ2n) is 7.39. The van der Waals surface area contributed by atoms with E-state index in [1.165, 1.54) is 11.1 Å². The normalized spacial score (nSPS) is 13.3. The van der Waals surface area contributed by atoms with E-state index in [0.29, 0.717) is 12.1 Å². The summed E-state index contributed by atoms with van der Waals surface area (Å²) < 4.78 is 1.90. The molecule has 4 rings (SSSR count). The lowest BCUT2D eigenvalue weighted by atomic mass is 10.00. The third-order valence-electron chi connectivity index (χ3n) is 5.66. The molecule has 0 spiro atoms. The molecule has 0 saturated carbocycles. The van der Waals surface area contributed by atoms with Gasteiger partial charge in [0.15, 0.2) is 0 Å². The Kier molecular flexibility index (Phi) is 7.41. The van der Waals surface area contributed by atoms with Crippen molar-refractivity contribution < 1.29 is 0 Å². The van der Waals surface area contributed by atoms with Crippen molar-refractivity contribution in [2.75, 3.05) is 18.5 Å². The summed E-state index contributed by atoms with van der Waals surface area (Å²) in [6.07, 6.45) is 2.05. The number of hydrogen-bond acceptors (Lipinski definition) is 4. The van der Waals surface area contributed by atoms with Crippen LogP contribution < -0.4 is 11.0 Å². The largest absolute Gasteiger partial charge is 0.308 e. The summed E-state index contributed by atoms with van der Waals surface area (Å²) in [4.78, 5) is 15.5. The molecular weight excluding hydrogens is 372 g/mol. The number of aromatic nitrogens is 1. The zero-order valence-electron chi connectivity index (χ0n) is 18.3. The number of hydrazone groups is 1. The highest BCUT2D eigenvalue weighted by Crippen LogP contribution is 2.25. The molecule has 0 radical (unpaired) electrons. The average molecular weight is 405 g/mol. The lowest BCUT2D eigenvalue weighted by molar-refractivity contribution is 0.246. The van der Waals surface area contributed by atoms with Crippen LogP contribution in [-0.4, -0.2) is 29.3 Å². The molecule has 0 bridgehead atoms. The number of nitrogens with one attached hydrogen (secondary N) is 1. The Morgan fingerprint density at radius 3 is 2.50 bits per heavy atom. The number of nitrogens with zero attached hydrogens (tertiary/aromatic N) is 3. The molecule has 30 heavy (non-hydrogen) atoms. The van der Waals surface area contributed by atoms with Crippen LogP contribution in [0.2, 0.25) is 0 Å². The van der Waals surface area contributed by atoms with Crippen LogP contribution in [0.3, 0.4) is 0 Å². The van der Waals surface area contributed by atoms with Gasteiger partial charge in [-0.2, -0.15) is 5.10 Å². The number of anilines is 1. The van der Waals surface area contributed by atoms with E-state index in [1.807, 2.05) is 49.6 Å². The second-order valence-corrected chi connectivity index (χ2v) is 7.39. The summed E-state index contributed by atoms with van der Waals surface area (Å²) >= 11 is 0. The summed E-state index contributed by atoms with van der Waals surface area (Å²) in [6.45, 7) is 13.1. The molecule has 0 saturated heterocycles. The second kappa shape index (κ2) is 10.2. The minimum Gasteiger partial charge on any atom is -0.308 e. The molecule has 1 aliphatic heterocycles. The van der Waals surface area contributed by atoms with Gasteiger partial charge in [0.05, 0.1) is 11.2 Å². The van der Waals surface area contributed by atoms with Crippen LogP contribution in [0.25, 0.3) is 10.9 Å². The fraction of sp³-hybridized carbons (Fsp3) is 0.360. The van der Waals surface area contributed by atoms with Gasteiger partial charge in [0.25, 0.3) is 5.56 Å². The minimum absolute atomic E-state index is 0.0360. The first-order valence-corrected chi connectivity index (χ1v) is 10.8. The summed E-state index contributed by atoms with van der Waals surface area (Å²) in [5.74, 6) is 0. The SMILES string of the molecule is C=NNc1c(C)c(=O)n(CCCN2CCc3ccccc3C2)c2ccccc12.CC. The quantitative estimate of drug-likeness (QED) is 0.474. The zero-order valence-corrected chi connectivity index (χ0v) is 18.3. The van der Waals surface area contributed by atoms with Crippen molar-refractivity contribution in [1.82, 2.24) is 9.47 Å². The Balaban J connectivity index is 0.00000124. The molecule has 3 aromatic rings. The molecule has 5 heteroatoms. The molecule has 158 valence electrons. The summed E-state index contributed by atoms with van der Waals surface area (Å²) in [7, 11) is 0. The van der Waals surface area contributed by atoms with Crippen molar-refractivity contribution in [2.45, 2.75) is 46.7 Å². The van der Waals surface area contributed by atoms with E-state index in [0.717, 1.165) is 49.1 Å². The van der Waals surface area contributed by atoms with E-state index in [2.05, 4.69) is 46.4 Å². The molecular formula is C25H32N4O. The van der Waals surface area contributed by atoms with Gasteiger partial charge in [0.1, 0.15) is 0 Å². The summed E-state index contributed by atoms with van der Waals surface area (Å²) in [5, 5.41) is 4.77. The van der Waals surface area contributed by atoms with Gasteiger partial charge in [-0.15, -0.1) is 0 Å². The number of rotatable bonds is 6. The Labute approximate surface area is 179 Å². The maximum absolute atomic E-state index is 13.0. The van der Waals surface area contributed by atoms with Crippen LogP contribution in [0.15, 0.2) is 58.4 Å². The van der Waals surface area contributed by atoms with Crippen molar-refractivity contribution in [1.29, 1.82) is 0 Å². The number of para-hydroxylation sites is 1. The third kappa shape index (κ3) is 4.46. The number of aryl methyl sites for hydroxylation is 1. The Hall–Kier alpha value is -2.92. The molecule has 1 aliphatic rings. The van der Waals surface area contributed by atoms with Crippen LogP contribution in [0.1, 0.15) is 37.0 Å². The first kappa shape index (κ1) is 21.8.